The van der Waals surface area contributed by atoms with E-state index in [1.807, 2.05) is 49.4 Å². The zero-order valence-corrected chi connectivity index (χ0v) is 14.5. The van der Waals surface area contributed by atoms with Crippen molar-refractivity contribution in [1.82, 2.24) is 5.32 Å². The smallest absolute Gasteiger partial charge is 0.244 e. The van der Waals surface area contributed by atoms with Gasteiger partial charge in [-0.1, -0.05) is 40.2 Å². The van der Waals surface area contributed by atoms with E-state index in [4.69, 9.17) is 4.74 Å². The Bertz CT molecular complexity index is 755. The largest absolute Gasteiger partial charge is 0.493 e. The Kier molecular flexibility index (Phi) is 4.82. The van der Waals surface area contributed by atoms with Gasteiger partial charge in [0.1, 0.15) is 5.75 Å². The van der Waals surface area contributed by atoms with E-state index >= 15 is 0 Å². The molecular formula is C19H18BrNO2. The molecule has 4 heteroatoms. The van der Waals surface area contributed by atoms with Gasteiger partial charge in [-0.3, -0.25) is 4.79 Å². The molecule has 0 radical (unpaired) electrons. The number of ether oxygens (including phenoxy) is 1. The predicted octanol–water partition coefficient (Wildman–Crippen LogP) is 4.27. The summed E-state index contributed by atoms with van der Waals surface area (Å²) in [6.07, 6.45) is 4.31. The molecule has 0 saturated heterocycles. The van der Waals surface area contributed by atoms with Crippen LogP contribution in [0.3, 0.4) is 0 Å². The summed E-state index contributed by atoms with van der Waals surface area (Å²) in [4.78, 5) is 12.1. The second-order valence-electron chi connectivity index (χ2n) is 5.55. The third-order valence-electron chi connectivity index (χ3n) is 3.89. The number of amides is 1. The fraction of sp³-hybridized carbons (Fsp3) is 0.211. The van der Waals surface area contributed by atoms with Gasteiger partial charge in [0.05, 0.1) is 12.6 Å². The second-order valence-corrected chi connectivity index (χ2v) is 6.41. The molecule has 0 bridgehead atoms. The summed E-state index contributed by atoms with van der Waals surface area (Å²) in [5.41, 5.74) is 3.29. The van der Waals surface area contributed by atoms with Gasteiger partial charge in [-0.2, -0.15) is 0 Å². The Morgan fingerprint density at radius 2 is 2.13 bits per heavy atom. The van der Waals surface area contributed by atoms with Crippen molar-refractivity contribution in [3.63, 3.8) is 0 Å². The number of hydrogen-bond donors (Lipinski definition) is 1. The number of nitrogens with one attached hydrogen (secondary N) is 1. The SMILES string of the molecule is CC(NC(=O)C=Cc1ccccc1Br)c1ccc2c(c1)CCO2. The average Bonchev–Trinajstić information content (AvgIpc) is 3.01. The molecule has 1 aliphatic rings. The van der Waals surface area contributed by atoms with Crippen molar-refractivity contribution in [1.29, 1.82) is 0 Å². The van der Waals surface area contributed by atoms with Crippen molar-refractivity contribution < 1.29 is 9.53 Å². The lowest BCUT2D eigenvalue weighted by Gasteiger charge is -2.14. The molecule has 1 atom stereocenters. The Morgan fingerprint density at radius 3 is 2.96 bits per heavy atom. The van der Waals surface area contributed by atoms with E-state index in [0.717, 1.165) is 34.4 Å². The lowest BCUT2D eigenvalue weighted by molar-refractivity contribution is -0.117. The quantitative estimate of drug-likeness (QED) is 0.814. The molecule has 2 aromatic rings. The number of carbonyl (C=O) groups excluding carboxylic acids is 1. The van der Waals surface area contributed by atoms with Crippen molar-refractivity contribution in [2.45, 2.75) is 19.4 Å². The van der Waals surface area contributed by atoms with Gasteiger partial charge in [-0.25, -0.2) is 0 Å². The summed E-state index contributed by atoms with van der Waals surface area (Å²) in [6.45, 7) is 2.73. The van der Waals surface area contributed by atoms with Crippen LogP contribution in [0.5, 0.6) is 5.75 Å². The number of rotatable bonds is 4. The highest BCUT2D eigenvalue weighted by atomic mass is 79.9. The summed E-state index contributed by atoms with van der Waals surface area (Å²) in [5.74, 6) is 0.853. The zero-order valence-electron chi connectivity index (χ0n) is 12.9. The molecule has 0 saturated carbocycles. The number of benzene rings is 2. The Hall–Kier alpha value is -2.07. The highest BCUT2D eigenvalue weighted by Gasteiger charge is 2.15. The molecule has 1 heterocycles. The standard InChI is InChI=1S/C19H18BrNO2/c1-13(15-6-8-18-16(12-15)10-11-23-18)21-19(22)9-7-14-4-2-3-5-17(14)20/h2-9,12-13H,10-11H2,1H3,(H,21,22). The average molecular weight is 372 g/mol. The molecule has 1 aliphatic heterocycles. The van der Waals surface area contributed by atoms with Crippen LogP contribution >= 0.6 is 15.9 Å². The molecule has 1 N–H and O–H groups in total. The van der Waals surface area contributed by atoms with Crippen molar-refractivity contribution in [3.05, 3.63) is 69.7 Å². The fourth-order valence-electron chi connectivity index (χ4n) is 2.60. The van der Waals surface area contributed by atoms with Gasteiger partial charge < -0.3 is 10.1 Å². The van der Waals surface area contributed by atoms with Crippen molar-refractivity contribution in [2.24, 2.45) is 0 Å². The molecule has 23 heavy (non-hydrogen) atoms. The minimum atomic E-state index is -0.106. The summed E-state index contributed by atoms with van der Waals surface area (Å²) < 4.78 is 6.48. The van der Waals surface area contributed by atoms with E-state index in [1.165, 1.54) is 5.56 Å². The summed E-state index contributed by atoms with van der Waals surface area (Å²) in [7, 11) is 0. The van der Waals surface area contributed by atoms with Crippen LogP contribution in [0, 0.1) is 0 Å². The number of fused-ring (bicyclic) bond motifs is 1. The maximum absolute atomic E-state index is 12.1. The van der Waals surface area contributed by atoms with E-state index < -0.39 is 0 Å². The Labute approximate surface area is 144 Å². The van der Waals surface area contributed by atoms with Gasteiger partial charge in [0.25, 0.3) is 0 Å². The molecule has 0 fully saturated rings. The lowest BCUT2D eigenvalue weighted by Crippen LogP contribution is -2.24. The normalized spacial score (nSPS) is 14.3. The van der Waals surface area contributed by atoms with Crippen LogP contribution in [0.2, 0.25) is 0 Å². The van der Waals surface area contributed by atoms with Crippen LogP contribution < -0.4 is 10.1 Å². The third-order valence-corrected chi connectivity index (χ3v) is 4.61. The second kappa shape index (κ2) is 7.01. The molecule has 3 rings (SSSR count). The maximum atomic E-state index is 12.1. The maximum Gasteiger partial charge on any atom is 0.244 e. The van der Waals surface area contributed by atoms with Gasteiger partial charge in [0.15, 0.2) is 0 Å². The van der Waals surface area contributed by atoms with Gasteiger partial charge in [-0.05, 0) is 47.9 Å². The molecule has 0 aliphatic carbocycles. The molecule has 3 nitrogen and oxygen atoms in total. The van der Waals surface area contributed by atoms with E-state index in [9.17, 15) is 4.79 Å². The molecule has 1 unspecified atom stereocenters. The molecule has 2 aromatic carbocycles. The van der Waals surface area contributed by atoms with E-state index in [2.05, 4.69) is 27.3 Å². The third kappa shape index (κ3) is 3.82. The molecular weight excluding hydrogens is 354 g/mol. The van der Waals surface area contributed by atoms with Crippen LogP contribution in [0.25, 0.3) is 6.08 Å². The minimum Gasteiger partial charge on any atom is -0.493 e. The van der Waals surface area contributed by atoms with Crippen molar-refractivity contribution >= 4 is 27.9 Å². The van der Waals surface area contributed by atoms with E-state index in [1.54, 1.807) is 6.08 Å². The van der Waals surface area contributed by atoms with Gasteiger partial charge in [0, 0.05) is 17.0 Å². The monoisotopic (exact) mass is 371 g/mol. The fourth-order valence-corrected chi connectivity index (χ4v) is 3.01. The van der Waals surface area contributed by atoms with E-state index in [0.29, 0.717) is 0 Å². The molecule has 0 spiro atoms. The van der Waals surface area contributed by atoms with E-state index in [-0.39, 0.29) is 11.9 Å². The highest BCUT2D eigenvalue weighted by Crippen LogP contribution is 2.28. The van der Waals surface area contributed by atoms with Crippen LogP contribution in [-0.4, -0.2) is 12.5 Å². The molecule has 0 aromatic heterocycles. The first-order chi connectivity index (χ1) is 11.1. The van der Waals surface area contributed by atoms with Crippen LogP contribution in [0.1, 0.15) is 29.7 Å². The predicted molar refractivity (Wildman–Crippen MR) is 95.4 cm³/mol. The zero-order chi connectivity index (χ0) is 16.2. The number of carbonyl (C=O) groups is 1. The topological polar surface area (TPSA) is 38.3 Å². The Balaban J connectivity index is 1.64. The summed E-state index contributed by atoms with van der Waals surface area (Å²) in [5, 5.41) is 3.00. The molecule has 1 amide bonds. The minimum absolute atomic E-state index is 0.0442. The first-order valence-electron chi connectivity index (χ1n) is 7.62. The Morgan fingerprint density at radius 1 is 1.30 bits per heavy atom. The molecule has 118 valence electrons. The number of halogens is 1. The first-order valence-corrected chi connectivity index (χ1v) is 8.41. The van der Waals surface area contributed by atoms with Crippen LogP contribution in [0.4, 0.5) is 0 Å². The van der Waals surface area contributed by atoms with Crippen molar-refractivity contribution in [3.8, 4) is 5.75 Å². The summed E-state index contributed by atoms with van der Waals surface area (Å²) in [6, 6.07) is 13.9. The number of hydrogen-bond acceptors (Lipinski definition) is 2. The first kappa shape index (κ1) is 15.8. The van der Waals surface area contributed by atoms with Gasteiger partial charge in [0.2, 0.25) is 5.91 Å². The van der Waals surface area contributed by atoms with Crippen molar-refractivity contribution in [2.75, 3.05) is 6.61 Å². The lowest BCUT2D eigenvalue weighted by atomic mass is 10.0. The van der Waals surface area contributed by atoms with Gasteiger partial charge >= 0.3 is 0 Å². The highest BCUT2D eigenvalue weighted by molar-refractivity contribution is 9.10. The summed E-state index contributed by atoms with van der Waals surface area (Å²) >= 11 is 3.47. The van der Waals surface area contributed by atoms with Crippen LogP contribution in [0.15, 0.2) is 53.0 Å². The van der Waals surface area contributed by atoms with Gasteiger partial charge in [-0.15, -0.1) is 0 Å². The van der Waals surface area contributed by atoms with Crippen LogP contribution in [-0.2, 0) is 11.2 Å².